The van der Waals surface area contributed by atoms with Gasteiger partial charge >= 0.3 is 0 Å². The van der Waals surface area contributed by atoms with Gasteiger partial charge in [-0.15, -0.1) is 0 Å². The number of hydrogen-bond acceptors (Lipinski definition) is 5. The van der Waals surface area contributed by atoms with Gasteiger partial charge in [-0.3, -0.25) is 4.79 Å². The lowest BCUT2D eigenvalue weighted by molar-refractivity contribution is -0.127. The Morgan fingerprint density at radius 1 is 1.17 bits per heavy atom. The number of benzene rings is 1. The Morgan fingerprint density at radius 3 is 2.65 bits per heavy atom. The maximum Gasteiger partial charge on any atom is 0.233 e. The summed E-state index contributed by atoms with van der Waals surface area (Å²) < 4.78 is 10.7. The van der Waals surface area contributed by atoms with E-state index in [1.807, 2.05) is 36.4 Å². The highest BCUT2D eigenvalue weighted by molar-refractivity contribution is 7.99. The molecule has 0 saturated carbocycles. The average molecular weight is 332 g/mol. The topological polar surface area (TPSA) is 51.7 Å². The van der Waals surface area contributed by atoms with Crippen LogP contribution in [0.4, 0.5) is 0 Å². The van der Waals surface area contributed by atoms with Crippen LogP contribution in [0.5, 0.6) is 11.5 Å². The maximum atomic E-state index is 12.3. The van der Waals surface area contributed by atoms with Gasteiger partial charge in [-0.25, -0.2) is 4.98 Å². The number of thioether (sulfide) groups is 1. The van der Waals surface area contributed by atoms with E-state index in [-0.39, 0.29) is 5.91 Å². The van der Waals surface area contributed by atoms with Crippen LogP contribution in [0, 0.1) is 0 Å². The number of carbonyl (C=O) groups is 1. The Labute approximate surface area is 140 Å². The highest BCUT2D eigenvalue weighted by Gasteiger charge is 2.15. The summed E-state index contributed by atoms with van der Waals surface area (Å²) in [6.07, 6.45) is 1.72. The minimum Gasteiger partial charge on any atom is -0.493 e. The van der Waals surface area contributed by atoms with E-state index in [1.165, 1.54) is 11.8 Å². The van der Waals surface area contributed by atoms with Crippen molar-refractivity contribution >= 4 is 17.7 Å². The molecule has 0 saturated heterocycles. The van der Waals surface area contributed by atoms with Gasteiger partial charge in [-0.1, -0.05) is 30.0 Å². The van der Waals surface area contributed by atoms with Crippen molar-refractivity contribution < 1.29 is 14.3 Å². The lowest BCUT2D eigenvalue weighted by Crippen LogP contribution is -2.28. The number of methoxy groups -OCH3 is 2. The van der Waals surface area contributed by atoms with Crippen LogP contribution in [0.15, 0.2) is 47.6 Å². The van der Waals surface area contributed by atoms with Crippen LogP contribution in [0.3, 0.4) is 0 Å². The molecule has 0 aliphatic carbocycles. The van der Waals surface area contributed by atoms with Crippen molar-refractivity contribution in [3.63, 3.8) is 0 Å². The van der Waals surface area contributed by atoms with Gasteiger partial charge < -0.3 is 14.4 Å². The number of nitrogens with zero attached hydrogens (tertiary/aromatic N) is 2. The first-order valence-electron chi connectivity index (χ1n) is 7.13. The third kappa shape index (κ3) is 4.63. The number of rotatable bonds is 7. The number of ether oxygens (including phenoxy) is 2. The van der Waals surface area contributed by atoms with Crippen LogP contribution in [0.25, 0.3) is 0 Å². The van der Waals surface area contributed by atoms with Gasteiger partial charge in [0.1, 0.15) is 0 Å². The highest BCUT2D eigenvalue weighted by Crippen LogP contribution is 2.31. The van der Waals surface area contributed by atoms with Crippen LogP contribution in [-0.4, -0.2) is 42.8 Å². The van der Waals surface area contributed by atoms with E-state index >= 15 is 0 Å². The highest BCUT2D eigenvalue weighted by atomic mass is 32.2. The maximum absolute atomic E-state index is 12.3. The second-order valence-corrected chi connectivity index (χ2v) is 5.85. The quantitative estimate of drug-likeness (QED) is 0.730. The zero-order valence-corrected chi connectivity index (χ0v) is 14.3. The van der Waals surface area contributed by atoms with Crippen molar-refractivity contribution in [3.05, 3.63) is 48.2 Å². The smallest absolute Gasteiger partial charge is 0.233 e. The van der Waals surface area contributed by atoms with Crippen LogP contribution in [-0.2, 0) is 11.3 Å². The van der Waals surface area contributed by atoms with Crippen molar-refractivity contribution in [1.29, 1.82) is 0 Å². The fourth-order valence-corrected chi connectivity index (χ4v) is 2.90. The molecule has 0 aliphatic heterocycles. The van der Waals surface area contributed by atoms with E-state index in [4.69, 9.17) is 9.47 Å². The molecule has 23 heavy (non-hydrogen) atoms. The summed E-state index contributed by atoms with van der Waals surface area (Å²) >= 11 is 1.43. The lowest BCUT2D eigenvalue weighted by atomic mass is 10.1. The summed E-state index contributed by atoms with van der Waals surface area (Å²) in [6, 6.07) is 11.3. The lowest BCUT2D eigenvalue weighted by Gasteiger charge is -2.19. The predicted octanol–water partition coefficient (Wildman–Crippen LogP) is 2.85. The monoisotopic (exact) mass is 332 g/mol. The van der Waals surface area contributed by atoms with Gasteiger partial charge in [0.05, 0.1) is 25.0 Å². The summed E-state index contributed by atoms with van der Waals surface area (Å²) in [7, 11) is 4.97. The minimum absolute atomic E-state index is 0.0329. The van der Waals surface area contributed by atoms with E-state index in [2.05, 4.69) is 4.98 Å². The Hall–Kier alpha value is -2.21. The normalized spacial score (nSPS) is 10.2. The molecule has 0 bridgehead atoms. The minimum atomic E-state index is 0.0329. The summed E-state index contributed by atoms with van der Waals surface area (Å²) in [4.78, 5) is 18.2. The number of hydrogen-bond donors (Lipinski definition) is 0. The molecule has 0 unspecified atom stereocenters. The largest absolute Gasteiger partial charge is 0.493 e. The molecule has 6 heteroatoms. The fourth-order valence-electron chi connectivity index (χ4n) is 2.10. The molecule has 1 heterocycles. The number of para-hydroxylation sites is 1. The SMILES string of the molecule is COc1cccc(CN(C)C(=O)CSc2ccccn2)c1OC. The Morgan fingerprint density at radius 2 is 2.00 bits per heavy atom. The summed E-state index contributed by atoms with van der Waals surface area (Å²) in [6.45, 7) is 0.460. The third-order valence-electron chi connectivity index (χ3n) is 3.30. The molecule has 122 valence electrons. The molecule has 1 amide bonds. The van der Waals surface area contributed by atoms with Gasteiger partial charge in [-0.05, 0) is 18.2 Å². The van der Waals surface area contributed by atoms with Gasteiger partial charge in [0.15, 0.2) is 11.5 Å². The van der Waals surface area contributed by atoms with Gasteiger partial charge in [-0.2, -0.15) is 0 Å². The summed E-state index contributed by atoms with van der Waals surface area (Å²) in [5.41, 5.74) is 0.908. The third-order valence-corrected chi connectivity index (χ3v) is 4.23. The van der Waals surface area contributed by atoms with Crippen molar-refractivity contribution in [3.8, 4) is 11.5 Å². The molecule has 0 aliphatic rings. The van der Waals surface area contributed by atoms with Gasteiger partial charge in [0.25, 0.3) is 0 Å². The molecule has 0 atom stereocenters. The van der Waals surface area contributed by atoms with E-state index in [9.17, 15) is 4.79 Å². The molecule has 0 spiro atoms. The van der Waals surface area contributed by atoms with Crippen LogP contribution in [0.1, 0.15) is 5.56 Å². The van der Waals surface area contributed by atoms with Crippen molar-refractivity contribution in [2.24, 2.45) is 0 Å². The molecule has 1 aromatic carbocycles. The molecular weight excluding hydrogens is 312 g/mol. The zero-order chi connectivity index (χ0) is 16.7. The average Bonchev–Trinajstić information content (AvgIpc) is 2.60. The first kappa shape index (κ1) is 17.1. The molecule has 5 nitrogen and oxygen atoms in total. The van der Waals surface area contributed by atoms with E-state index in [0.29, 0.717) is 23.8 Å². The second-order valence-electron chi connectivity index (χ2n) is 4.86. The second kappa shape index (κ2) is 8.43. The Bertz CT molecular complexity index is 650. The Kier molecular flexibility index (Phi) is 6.29. The fraction of sp³-hybridized carbons (Fsp3) is 0.294. The Balaban J connectivity index is 1.98. The van der Waals surface area contributed by atoms with E-state index < -0.39 is 0 Å². The summed E-state index contributed by atoms with van der Waals surface area (Å²) in [5.74, 6) is 1.70. The number of aromatic nitrogens is 1. The van der Waals surface area contributed by atoms with Crippen LogP contribution >= 0.6 is 11.8 Å². The van der Waals surface area contributed by atoms with E-state index in [0.717, 1.165) is 10.6 Å². The van der Waals surface area contributed by atoms with Gasteiger partial charge in [0, 0.05) is 25.4 Å². The zero-order valence-electron chi connectivity index (χ0n) is 13.5. The molecular formula is C17H20N2O3S. The van der Waals surface area contributed by atoms with E-state index in [1.54, 1.807) is 32.4 Å². The van der Waals surface area contributed by atoms with Crippen LogP contribution in [0.2, 0.25) is 0 Å². The predicted molar refractivity (Wildman–Crippen MR) is 91.0 cm³/mol. The molecule has 0 fully saturated rings. The van der Waals surface area contributed by atoms with Crippen molar-refractivity contribution in [2.45, 2.75) is 11.6 Å². The summed E-state index contributed by atoms with van der Waals surface area (Å²) in [5, 5.41) is 0.841. The molecule has 0 radical (unpaired) electrons. The standard InChI is InChI=1S/C17H20N2O3S/c1-19(16(20)12-23-15-9-4-5-10-18-15)11-13-7-6-8-14(21-2)17(13)22-3/h4-10H,11-12H2,1-3H3. The first-order chi connectivity index (χ1) is 11.2. The van der Waals surface area contributed by atoms with Crippen molar-refractivity contribution in [2.75, 3.05) is 27.0 Å². The molecule has 0 N–H and O–H groups in total. The first-order valence-corrected chi connectivity index (χ1v) is 8.12. The van der Waals surface area contributed by atoms with Gasteiger partial charge in [0.2, 0.25) is 5.91 Å². The molecule has 2 aromatic rings. The van der Waals surface area contributed by atoms with Crippen molar-refractivity contribution in [1.82, 2.24) is 9.88 Å². The number of carbonyl (C=O) groups excluding carboxylic acids is 1. The number of pyridine rings is 1. The molecule has 1 aromatic heterocycles. The number of amides is 1. The van der Waals surface area contributed by atoms with Crippen LogP contribution < -0.4 is 9.47 Å². The molecule has 2 rings (SSSR count).